The molecule has 1 aromatic carbocycles. The number of amides is 1. The van der Waals surface area contributed by atoms with Crippen LogP contribution in [0.25, 0.3) is 0 Å². The van der Waals surface area contributed by atoms with Gasteiger partial charge in [0.1, 0.15) is 0 Å². The largest absolute Gasteiger partial charge is 0.340 e. The SMILES string of the molecule is N#Cc1ccc(CC(=O)N2CCS(=O)(=O)CC2)cc1. The third-order valence-corrected chi connectivity index (χ3v) is 4.74. The first-order valence-corrected chi connectivity index (χ1v) is 7.79. The molecule has 0 atom stereocenters. The second kappa shape index (κ2) is 5.41. The third kappa shape index (κ3) is 3.55. The van der Waals surface area contributed by atoms with E-state index in [2.05, 4.69) is 0 Å². The molecule has 0 radical (unpaired) electrons. The van der Waals surface area contributed by atoms with E-state index in [9.17, 15) is 13.2 Å². The van der Waals surface area contributed by atoms with Crippen molar-refractivity contribution in [1.82, 2.24) is 4.90 Å². The number of carbonyl (C=O) groups excluding carboxylic acids is 1. The van der Waals surface area contributed by atoms with Gasteiger partial charge in [0, 0.05) is 13.1 Å². The van der Waals surface area contributed by atoms with Gasteiger partial charge in [-0.1, -0.05) is 12.1 Å². The van der Waals surface area contributed by atoms with Crippen molar-refractivity contribution in [2.45, 2.75) is 6.42 Å². The van der Waals surface area contributed by atoms with E-state index in [1.165, 1.54) is 0 Å². The lowest BCUT2D eigenvalue weighted by Gasteiger charge is -2.26. The average Bonchev–Trinajstić information content (AvgIpc) is 2.39. The molecule has 0 unspecified atom stereocenters. The predicted molar refractivity (Wildman–Crippen MR) is 70.1 cm³/mol. The van der Waals surface area contributed by atoms with Gasteiger partial charge >= 0.3 is 0 Å². The van der Waals surface area contributed by atoms with Crippen molar-refractivity contribution in [3.63, 3.8) is 0 Å². The van der Waals surface area contributed by atoms with Crippen molar-refractivity contribution in [2.24, 2.45) is 0 Å². The van der Waals surface area contributed by atoms with E-state index in [1.807, 2.05) is 6.07 Å². The van der Waals surface area contributed by atoms with Gasteiger partial charge in [0.15, 0.2) is 9.84 Å². The van der Waals surface area contributed by atoms with Crippen LogP contribution < -0.4 is 0 Å². The maximum atomic E-state index is 12.0. The maximum absolute atomic E-state index is 12.0. The number of sulfone groups is 1. The molecule has 19 heavy (non-hydrogen) atoms. The van der Waals surface area contributed by atoms with Gasteiger partial charge in [-0.15, -0.1) is 0 Å². The minimum absolute atomic E-state index is 0.0477. The predicted octanol–water partition coefficient (Wildman–Crippen LogP) is 0.358. The first-order chi connectivity index (χ1) is 9.00. The summed E-state index contributed by atoms with van der Waals surface area (Å²) in [5, 5.41) is 8.68. The Morgan fingerprint density at radius 2 is 1.79 bits per heavy atom. The standard InChI is InChI=1S/C13H14N2O3S/c14-10-12-3-1-11(2-4-12)9-13(16)15-5-7-19(17,18)8-6-15/h1-4H,5-9H2. The van der Waals surface area contributed by atoms with Crippen LogP contribution in [0.5, 0.6) is 0 Å². The molecule has 6 heteroatoms. The van der Waals surface area contributed by atoms with Crippen molar-refractivity contribution in [3.05, 3.63) is 35.4 Å². The van der Waals surface area contributed by atoms with Crippen LogP contribution in [0, 0.1) is 11.3 Å². The highest BCUT2D eigenvalue weighted by Crippen LogP contribution is 2.09. The summed E-state index contributed by atoms with van der Waals surface area (Å²) < 4.78 is 22.6. The summed E-state index contributed by atoms with van der Waals surface area (Å²) in [7, 11) is -2.96. The lowest BCUT2D eigenvalue weighted by molar-refractivity contribution is -0.130. The molecule has 0 aromatic heterocycles. The molecular formula is C13H14N2O3S. The highest BCUT2D eigenvalue weighted by Gasteiger charge is 2.24. The Hall–Kier alpha value is -1.87. The molecular weight excluding hydrogens is 264 g/mol. The lowest BCUT2D eigenvalue weighted by atomic mass is 10.1. The van der Waals surface area contributed by atoms with Crippen LogP contribution in [0.2, 0.25) is 0 Å². The first kappa shape index (κ1) is 13.6. The summed E-state index contributed by atoms with van der Waals surface area (Å²) in [6.07, 6.45) is 0.242. The number of nitrogens with zero attached hydrogens (tertiary/aromatic N) is 2. The van der Waals surface area contributed by atoms with Gasteiger partial charge in [-0.05, 0) is 17.7 Å². The zero-order valence-corrected chi connectivity index (χ0v) is 11.2. The quantitative estimate of drug-likeness (QED) is 0.782. The van der Waals surface area contributed by atoms with Gasteiger partial charge in [0.25, 0.3) is 0 Å². The Morgan fingerprint density at radius 3 is 2.32 bits per heavy atom. The van der Waals surface area contributed by atoms with Crippen LogP contribution in [0.4, 0.5) is 0 Å². The molecule has 1 aromatic rings. The molecule has 0 N–H and O–H groups in total. The van der Waals surface area contributed by atoms with E-state index in [0.717, 1.165) is 5.56 Å². The van der Waals surface area contributed by atoms with Crippen LogP contribution in [0.1, 0.15) is 11.1 Å². The van der Waals surface area contributed by atoms with Gasteiger partial charge in [-0.25, -0.2) is 8.42 Å². The maximum Gasteiger partial charge on any atom is 0.227 e. The molecule has 1 aliphatic rings. The minimum Gasteiger partial charge on any atom is -0.340 e. The molecule has 5 nitrogen and oxygen atoms in total. The molecule has 1 fully saturated rings. The molecule has 1 saturated heterocycles. The van der Waals surface area contributed by atoms with E-state index >= 15 is 0 Å². The Morgan fingerprint density at radius 1 is 1.21 bits per heavy atom. The van der Waals surface area contributed by atoms with E-state index in [-0.39, 0.29) is 36.9 Å². The Kier molecular flexibility index (Phi) is 3.86. The van der Waals surface area contributed by atoms with E-state index < -0.39 is 9.84 Å². The fourth-order valence-corrected chi connectivity index (χ4v) is 3.15. The Bertz CT molecular complexity index is 600. The Labute approximate surface area is 112 Å². The fourth-order valence-electron chi connectivity index (χ4n) is 1.95. The monoisotopic (exact) mass is 278 g/mol. The molecule has 2 rings (SSSR count). The summed E-state index contributed by atoms with van der Waals surface area (Å²) in [4.78, 5) is 13.6. The number of nitriles is 1. The highest BCUT2D eigenvalue weighted by molar-refractivity contribution is 7.91. The van der Waals surface area contributed by atoms with Gasteiger partial charge in [-0.2, -0.15) is 5.26 Å². The topological polar surface area (TPSA) is 78.2 Å². The fraction of sp³-hybridized carbons (Fsp3) is 0.385. The molecule has 0 bridgehead atoms. The van der Waals surface area contributed by atoms with Crippen LogP contribution in [-0.4, -0.2) is 43.8 Å². The highest BCUT2D eigenvalue weighted by atomic mass is 32.2. The normalized spacial score (nSPS) is 17.7. The second-order valence-corrected chi connectivity index (χ2v) is 6.82. The summed E-state index contributed by atoms with van der Waals surface area (Å²) in [5.74, 6) is 0.0256. The molecule has 0 saturated carbocycles. The van der Waals surface area contributed by atoms with E-state index in [0.29, 0.717) is 5.56 Å². The lowest BCUT2D eigenvalue weighted by Crippen LogP contribution is -2.44. The van der Waals surface area contributed by atoms with Gasteiger partial charge in [-0.3, -0.25) is 4.79 Å². The molecule has 100 valence electrons. The molecule has 1 aliphatic heterocycles. The summed E-state index contributed by atoms with van der Waals surface area (Å²) in [6.45, 7) is 0.550. The number of hydrogen-bond donors (Lipinski definition) is 0. The van der Waals surface area contributed by atoms with Gasteiger partial charge in [0.05, 0.1) is 29.6 Å². The molecule has 1 amide bonds. The van der Waals surface area contributed by atoms with E-state index in [4.69, 9.17) is 5.26 Å². The number of hydrogen-bond acceptors (Lipinski definition) is 4. The van der Waals surface area contributed by atoms with Crippen LogP contribution in [0.3, 0.4) is 0 Å². The van der Waals surface area contributed by atoms with Crippen molar-refractivity contribution < 1.29 is 13.2 Å². The van der Waals surface area contributed by atoms with Crippen LogP contribution in [0.15, 0.2) is 24.3 Å². The van der Waals surface area contributed by atoms with Crippen molar-refractivity contribution in [2.75, 3.05) is 24.6 Å². The number of rotatable bonds is 2. The second-order valence-electron chi connectivity index (χ2n) is 4.52. The number of benzene rings is 1. The number of carbonyl (C=O) groups is 1. The van der Waals surface area contributed by atoms with Gasteiger partial charge in [0.2, 0.25) is 5.91 Å². The van der Waals surface area contributed by atoms with Crippen molar-refractivity contribution >= 4 is 15.7 Å². The molecule has 0 spiro atoms. The Balaban J connectivity index is 1.96. The van der Waals surface area contributed by atoms with Crippen molar-refractivity contribution in [1.29, 1.82) is 5.26 Å². The minimum atomic E-state index is -2.96. The van der Waals surface area contributed by atoms with Crippen molar-refractivity contribution in [3.8, 4) is 6.07 Å². The average molecular weight is 278 g/mol. The summed E-state index contributed by atoms with van der Waals surface area (Å²) in [5.41, 5.74) is 1.39. The smallest absolute Gasteiger partial charge is 0.227 e. The third-order valence-electron chi connectivity index (χ3n) is 3.14. The molecule has 1 heterocycles. The zero-order chi connectivity index (χ0) is 13.9. The molecule has 0 aliphatic carbocycles. The van der Waals surface area contributed by atoms with Gasteiger partial charge < -0.3 is 4.90 Å². The van der Waals surface area contributed by atoms with E-state index in [1.54, 1.807) is 29.2 Å². The zero-order valence-electron chi connectivity index (χ0n) is 10.4. The summed E-state index contributed by atoms with van der Waals surface area (Å²) >= 11 is 0. The summed E-state index contributed by atoms with van der Waals surface area (Å²) in [6, 6.07) is 8.85. The first-order valence-electron chi connectivity index (χ1n) is 5.97. The van der Waals surface area contributed by atoms with Crippen LogP contribution in [-0.2, 0) is 21.1 Å². The van der Waals surface area contributed by atoms with Crippen LogP contribution >= 0.6 is 0 Å².